The number of pyridine rings is 2. The van der Waals surface area contributed by atoms with Crippen molar-refractivity contribution in [2.75, 3.05) is 19.6 Å². The molecule has 9 rings (SSSR count). The molecule has 4 fully saturated rings. The minimum atomic E-state index is -4.35. The molecule has 2 aromatic heterocycles. The fourth-order valence-electron chi connectivity index (χ4n) is 10.0. The molecule has 1 aromatic carbocycles. The summed E-state index contributed by atoms with van der Waals surface area (Å²) < 4.78 is 75.5. The van der Waals surface area contributed by atoms with Crippen LogP contribution in [0.15, 0.2) is 54.7 Å². The summed E-state index contributed by atoms with van der Waals surface area (Å²) in [5, 5.41) is 3.01. The summed E-state index contributed by atoms with van der Waals surface area (Å²) >= 11 is 0. The quantitative estimate of drug-likeness (QED) is 0.260. The molecular weight excluding hydrogens is 838 g/mol. The number of amides is 4. The standard InChI is InChI=1S/C46H53F3N6O7S/c47-46(48,49)30-18-21-54(22-19-30)40(56)23-29-9-4-2-1-3-5-11-31-26-45(31,44(59)53-63(60,61)33-15-16-33)52-42(57)38-24-32(27-55(38)43(29)58)62-39-25-37(36-13-6-7-20-50-36)51-41-34-12-8-10-28(34)14-17-35(39)41/h5-7,11,13-14,17,20,25,29-33,38H,1-4,8-10,12,15-16,18-19,21-24,26-27H2,(H,52,57)(H,53,59)/b11-5-/t29-,31-,32-,38+,45?/m1/s1. The Morgan fingerprint density at radius 2 is 1.78 bits per heavy atom. The number of aryl methyl sites for hydroxylation is 2. The van der Waals surface area contributed by atoms with Crippen LogP contribution in [0.3, 0.4) is 0 Å². The van der Waals surface area contributed by atoms with Crippen LogP contribution in [0.4, 0.5) is 13.2 Å². The second kappa shape index (κ2) is 17.1. The first kappa shape index (κ1) is 43.2. The maximum atomic E-state index is 14.9. The minimum absolute atomic E-state index is 0.0233. The number of hydrogen-bond acceptors (Lipinski definition) is 9. The molecule has 3 aliphatic carbocycles. The summed E-state index contributed by atoms with van der Waals surface area (Å²) in [5.74, 6) is -4.66. The van der Waals surface area contributed by atoms with Gasteiger partial charge in [0, 0.05) is 55.4 Å². The van der Waals surface area contributed by atoms with E-state index in [-0.39, 0.29) is 51.7 Å². The fourth-order valence-corrected chi connectivity index (χ4v) is 11.4. The van der Waals surface area contributed by atoms with Crippen molar-refractivity contribution in [3.8, 4) is 17.1 Å². The fraction of sp³-hybridized carbons (Fsp3) is 0.565. The van der Waals surface area contributed by atoms with Crippen molar-refractivity contribution in [3.63, 3.8) is 0 Å². The van der Waals surface area contributed by atoms with Crippen LogP contribution in [0.5, 0.6) is 5.75 Å². The predicted molar refractivity (Wildman–Crippen MR) is 226 cm³/mol. The van der Waals surface area contributed by atoms with Crippen molar-refractivity contribution >= 4 is 44.6 Å². The van der Waals surface area contributed by atoms with Crippen LogP contribution in [0.2, 0.25) is 0 Å². The summed E-state index contributed by atoms with van der Waals surface area (Å²) in [4.78, 5) is 69.8. The molecule has 0 radical (unpaired) electrons. The molecule has 3 aliphatic heterocycles. The molecule has 4 amide bonds. The smallest absolute Gasteiger partial charge is 0.391 e. The van der Waals surface area contributed by atoms with Gasteiger partial charge in [0.2, 0.25) is 27.7 Å². The number of nitrogens with one attached hydrogen (secondary N) is 2. The van der Waals surface area contributed by atoms with Crippen LogP contribution in [0, 0.1) is 17.8 Å². The molecule has 2 N–H and O–H groups in total. The van der Waals surface area contributed by atoms with Crippen molar-refractivity contribution in [1.29, 1.82) is 0 Å². The molecule has 2 saturated heterocycles. The van der Waals surface area contributed by atoms with Gasteiger partial charge in [-0.3, -0.25) is 28.9 Å². The van der Waals surface area contributed by atoms with Crippen molar-refractivity contribution in [2.45, 2.75) is 125 Å². The lowest BCUT2D eigenvalue weighted by molar-refractivity contribution is -0.186. The third kappa shape index (κ3) is 9.03. The number of ether oxygens (including phenoxy) is 1. The van der Waals surface area contributed by atoms with Gasteiger partial charge < -0.3 is 19.9 Å². The Morgan fingerprint density at radius 1 is 0.968 bits per heavy atom. The highest BCUT2D eigenvalue weighted by Crippen LogP contribution is 2.46. The molecule has 2 saturated carbocycles. The molecule has 0 spiro atoms. The number of fused-ring (bicyclic) bond motifs is 5. The molecule has 5 heterocycles. The maximum absolute atomic E-state index is 14.9. The monoisotopic (exact) mass is 890 g/mol. The minimum Gasteiger partial charge on any atom is -0.488 e. The second-order valence-corrected chi connectivity index (χ2v) is 20.2. The number of rotatable bonds is 8. The first-order chi connectivity index (χ1) is 30.2. The Labute approximate surface area is 364 Å². The van der Waals surface area contributed by atoms with Gasteiger partial charge in [-0.1, -0.05) is 37.1 Å². The van der Waals surface area contributed by atoms with E-state index in [4.69, 9.17) is 9.72 Å². The van der Waals surface area contributed by atoms with Crippen LogP contribution >= 0.6 is 0 Å². The van der Waals surface area contributed by atoms with E-state index in [1.54, 1.807) is 6.20 Å². The van der Waals surface area contributed by atoms with Gasteiger partial charge in [-0.15, -0.1) is 0 Å². The highest BCUT2D eigenvalue weighted by molar-refractivity contribution is 7.91. The zero-order chi connectivity index (χ0) is 44.1. The van der Waals surface area contributed by atoms with E-state index in [9.17, 15) is 40.8 Å². The van der Waals surface area contributed by atoms with Gasteiger partial charge >= 0.3 is 6.18 Å². The molecule has 0 bridgehead atoms. The first-order valence-electron chi connectivity index (χ1n) is 22.4. The van der Waals surface area contributed by atoms with E-state index in [1.165, 1.54) is 15.4 Å². The average molecular weight is 891 g/mol. The van der Waals surface area contributed by atoms with Crippen molar-refractivity contribution in [3.05, 3.63) is 65.9 Å². The number of halogens is 3. The number of piperidine rings is 1. The third-order valence-electron chi connectivity index (χ3n) is 13.9. The summed E-state index contributed by atoms with van der Waals surface area (Å²) in [6.45, 7) is -0.163. The lowest BCUT2D eigenvalue weighted by Gasteiger charge is -2.34. The molecule has 336 valence electrons. The van der Waals surface area contributed by atoms with Crippen LogP contribution in [0.1, 0.15) is 94.6 Å². The van der Waals surface area contributed by atoms with Gasteiger partial charge in [0.25, 0.3) is 5.91 Å². The SMILES string of the molecule is O=C1NC2(C(=O)NS(=O)(=O)C3CC3)C[C@H]2/C=C\CCCCC[C@H](CC(=O)N2CCC(C(F)(F)F)CC2)C(=O)N2C[C@H](Oc3cc(-c4ccccn4)nc4c5c(ccc34)CCC5)C[C@@H]12. The highest BCUT2D eigenvalue weighted by atomic mass is 32.2. The average Bonchev–Trinajstić information content (AvgIpc) is 4.14. The highest BCUT2D eigenvalue weighted by Gasteiger charge is 2.62. The Morgan fingerprint density at radius 3 is 2.52 bits per heavy atom. The number of nitrogens with zero attached hydrogens (tertiary/aromatic N) is 4. The van der Waals surface area contributed by atoms with Gasteiger partial charge in [-0.25, -0.2) is 13.4 Å². The van der Waals surface area contributed by atoms with E-state index in [2.05, 4.69) is 21.1 Å². The molecule has 3 aromatic rings. The van der Waals surface area contributed by atoms with E-state index in [0.29, 0.717) is 49.2 Å². The van der Waals surface area contributed by atoms with Crippen molar-refractivity contribution in [2.24, 2.45) is 17.8 Å². The zero-order valence-electron chi connectivity index (χ0n) is 35.1. The van der Waals surface area contributed by atoms with Crippen LogP contribution in [-0.4, -0.2) is 101 Å². The van der Waals surface area contributed by atoms with Crippen molar-refractivity contribution in [1.82, 2.24) is 29.8 Å². The van der Waals surface area contributed by atoms with Gasteiger partial charge in [0.05, 0.1) is 34.6 Å². The maximum Gasteiger partial charge on any atom is 0.391 e. The topological polar surface area (TPSA) is 168 Å². The largest absolute Gasteiger partial charge is 0.488 e. The number of hydrogen-bond donors (Lipinski definition) is 2. The second-order valence-electron chi connectivity index (χ2n) is 18.3. The molecule has 1 unspecified atom stereocenters. The Balaban J connectivity index is 1.03. The molecule has 13 nitrogen and oxygen atoms in total. The number of alkyl halides is 3. The van der Waals surface area contributed by atoms with E-state index in [1.807, 2.05) is 42.5 Å². The number of allylic oxidation sites excluding steroid dienone is 1. The van der Waals surface area contributed by atoms with Crippen LogP contribution in [0.25, 0.3) is 22.3 Å². The lowest BCUT2D eigenvalue weighted by Crippen LogP contribution is -2.57. The van der Waals surface area contributed by atoms with Crippen LogP contribution in [-0.2, 0) is 42.0 Å². The summed E-state index contributed by atoms with van der Waals surface area (Å²) in [6.07, 6.45) is 6.65. The van der Waals surface area contributed by atoms with Gasteiger partial charge in [0.15, 0.2) is 0 Å². The number of carbonyl (C=O) groups is 4. The summed E-state index contributed by atoms with van der Waals surface area (Å²) in [5.41, 5.74) is 2.84. The van der Waals surface area contributed by atoms with Gasteiger partial charge in [0.1, 0.15) is 23.4 Å². The zero-order valence-corrected chi connectivity index (χ0v) is 35.9. The van der Waals surface area contributed by atoms with Gasteiger partial charge in [-0.05, 0) is 100.0 Å². The lowest BCUT2D eigenvalue weighted by atomic mass is 9.92. The molecule has 63 heavy (non-hydrogen) atoms. The predicted octanol–water partition coefficient (Wildman–Crippen LogP) is 5.94. The Kier molecular flexibility index (Phi) is 11.8. The van der Waals surface area contributed by atoms with E-state index >= 15 is 0 Å². The third-order valence-corrected chi connectivity index (χ3v) is 15.7. The summed E-state index contributed by atoms with van der Waals surface area (Å²) in [7, 11) is -3.95. The van der Waals surface area contributed by atoms with E-state index in [0.717, 1.165) is 48.6 Å². The summed E-state index contributed by atoms with van der Waals surface area (Å²) in [6, 6.07) is 10.3. The Hall–Kier alpha value is -5.06. The number of likely N-dealkylation sites (tertiary alicyclic amines) is 1. The van der Waals surface area contributed by atoms with Gasteiger partial charge in [-0.2, -0.15) is 13.2 Å². The van der Waals surface area contributed by atoms with E-state index < -0.39 is 80.5 Å². The van der Waals surface area contributed by atoms with Crippen LogP contribution < -0.4 is 14.8 Å². The van der Waals surface area contributed by atoms with Crippen molar-refractivity contribution < 1.29 is 45.5 Å². The number of carbonyl (C=O) groups excluding carboxylic acids is 4. The first-order valence-corrected chi connectivity index (χ1v) is 24.0. The molecule has 17 heteroatoms. The number of aromatic nitrogens is 2. The molecule has 5 atom stereocenters. The normalized spacial score (nSPS) is 27.7. The number of benzene rings is 1. The molecule has 6 aliphatic rings. The molecular formula is C46H53F3N6O7S. The Bertz CT molecular complexity index is 2420. The number of sulfonamides is 1.